The molecule has 18 heavy (non-hydrogen) atoms. The van der Waals surface area contributed by atoms with Crippen LogP contribution in [0.15, 0.2) is 4.79 Å². The van der Waals surface area contributed by atoms with Gasteiger partial charge < -0.3 is 5.32 Å². The van der Waals surface area contributed by atoms with Crippen LogP contribution in [0.5, 0.6) is 0 Å². The van der Waals surface area contributed by atoms with Crippen molar-refractivity contribution in [3.8, 4) is 0 Å². The summed E-state index contributed by atoms with van der Waals surface area (Å²) in [5.41, 5.74) is 0.621. The van der Waals surface area contributed by atoms with Crippen molar-refractivity contribution in [1.82, 2.24) is 14.9 Å². The van der Waals surface area contributed by atoms with Crippen LogP contribution in [0.25, 0.3) is 10.2 Å². The zero-order valence-corrected chi connectivity index (χ0v) is 11.6. The molecule has 0 saturated heterocycles. The Hall–Kier alpha value is -1.69. The Bertz CT molecular complexity index is 685. The van der Waals surface area contributed by atoms with Crippen LogP contribution in [-0.2, 0) is 7.05 Å². The first-order valence-electron chi connectivity index (χ1n) is 5.72. The number of aryl methyl sites for hydroxylation is 2. The average molecular weight is 265 g/mol. The monoisotopic (exact) mass is 265 g/mol. The number of fused-ring (bicyclic) bond motifs is 1. The van der Waals surface area contributed by atoms with Crippen LogP contribution in [0.4, 0.5) is 0 Å². The van der Waals surface area contributed by atoms with E-state index in [2.05, 4.69) is 10.3 Å². The second-order valence-corrected chi connectivity index (χ2v) is 5.12. The summed E-state index contributed by atoms with van der Waals surface area (Å²) in [5.74, 6) is 0.508. The van der Waals surface area contributed by atoms with Crippen molar-refractivity contribution in [3.63, 3.8) is 0 Å². The summed E-state index contributed by atoms with van der Waals surface area (Å²) >= 11 is 1.27. The predicted molar refractivity (Wildman–Crippen MR) is 72.3 cm³/mol. The smallest absolute Gasteiger partial charge is 0.262 e. The van der Waals surface area contributed by atoms with E-state index in [1.54, 1.807) is 20.9 Å². The summed E-state index contributed by atoms with van der Waals surface area (Å²) in [4.78, 5) is 29.6. The minimum atomic E-state index is -0.141. The number of carbonyl (C=O) groups is 1. The molecule has 2 aromatic heterocycles. The van der Waals surface area contributed by atoms with Crippen molar-refractivity contribution in [1.29, 1.82) is 0 Å². The van der Waals surface area contributed by atoms with Crippen LogP contribution in [0.2, 0.25) is 0 Å². The molecule has 0 fully saturated rings. The van der Waals surface area contributed by atoms with Gasteiger partial charge in [-0.15, -0.1) is 11.3 Å². The van der Waals surface area contributed by atoms with Gasteiger partial charge >= 0.3 is 0 Å². The fourth-order valence-electron chi connectivity index (χ4n) is 1.82. The van der Waals surface area contributed by atoms with Crippen LogP contribution < -0.4 is 10.9 Å². The first kappa shape index (κ1) is 12.8. The first-order valence-corrected chi connectivity index (χ1v) is 6.54. The van der Waals surface area contributed by atoms with Crippen molar-refractivity contribution >= 4 is 27.5 Å². The number of hydrogen-bond acceptors (Lipinski definition) is 4. The highest BCUT2D eigenvalue weighted by Crippen LogP contribution is 2.26. The maximum atomic E-state index is 12.2. The molecule has 0 aliphatic heterocycles. The van der Waals surface area contributed by atoms with Gasteiger partial charge in [0.05, 0.1) is 10.3 Å². The molecule has 0 aromatic carbocycles. The van der Waals surface area contributed by atoms with Gasteiger partial charge in [-0.05, 0) is 26.3 Å². The second kappa shape index (κ2) is 4.53. The van der Waals surface area contributed by atoms with E-state index in [0.29, 0.717) is 33.0 Å². The van der Waals surface area contributed by atoms with Gasteiger partial charge in [0.1, 0.15) is 10.7 Å². The van der Waals surface area contributed by atoms with E-state index in [4.69, 9.17) is 0 Å². The average Bonchev–Trinajstić information content (AvgIpc) is 2.64. The fraction of sp³-hybridized carbons (Fsp3) is 0.417. The first-order chi connectivity index (χ1) is 8.47. The molecule has 96 valence electrons. The third kappa shape index (κ3) is 1.82. The molecule has 0 bridgehead atoms. The van der Waals surface area contributed by atoms with Crippen LogP contribution in [-0.4, -0.2) is 22.0 Å². The van der Waals surface area contributed by atoms with Crippen LogP contribution in [0.3, 0.4) is 0 Å². The van der Waals surface area contributed by atoms with Crippen molar-refractivity contribution in [3.05, 3.63) is 26.6 Å². The Balaban J connectivity index is 2.75. The van der Waals surface area contributed by atoms with E-state index >= 15 is 0 Å². The van der Waals surface area contributed by atoms with Gasteiger partial charge in [0.25, 0.3) is 11.5 Å². The summed E-state index contributed by atoms with van der Waals surface area (Å²) in [5, 5.41) is 3.30. The maximum Gasteiger partial charge on any atom is 0.262 e. The number of thiophene rings is 1. The van der Waals surface area contributed by atoms with Crippen LogP contribution in [0, 0.1) is 13.8 Å². The summed E-state index contributed by atoms with van der Waals surface area (Å²) < 4.78 is 1.50. The Morgan fingerprint density at radius 1 is 1.44 bits per heavy atom. The lowest BCUT2D eigenvalue weighted by molar-refractivity contribution is 0.0959. The maximum absolute atomic E-state index is 12.2. The highest BCUT2D eigenvalue weighted by Gasteiger charge is 2.19. The molecule has 0 aliphatic carbocycles. The highest BCUT2D eigenvalue weighted by atomic mass is 32.1. The highest BCUT2D eigenvalue weighted by molar-refractivity contribution is 7.20. The standard InChI is InChI=1S/C12H15N3O2S/c1-5-13-10(16)9-6(2)8-11(18-9)14-7(3)15(4)12(8)17/h5H2,1-4H3,(H,13,16). The second-order valence-electron chi connectivity index (χ2n) is 4.12. The molecule has 0 saturated carbocycles. The molecular formula is C12H15N3O2S. The third-order valence-corrected chi connectivity index (χ3v) is 4.12. The number of aromatic nitrogens is 2. The Kier molecular flexibility index (Phi) is 3.21. The van der Waals surface area contributed by atoms with Gasteiger partial charge in [-0.25, -0.2) is 4.98 Å². The van der Waals surface area contributed by atoms with E-state index in [1.165, 1.54) is 15.9 Å². The minimum absolute atomic E-state index is 0.0956. The van der Waals surface area contributed by atoms with Crippen molar-refractivity contribution in [2.45, 2.75) is 20.8 Å². The molecule has 1 N–H and O–H groups in total. The minimum Gasteiger partial charge on any atom is -0.352 e. The molecule has 0 aliphatic rings. The number of hydrogen-bond donors (Lipinski definition) is 1. The molecule has 5 nitrogen and oxygen atoms in total. The fourth-order valence-corrected chi connectivity index (χ4v) is 2.96. The molecule has 0 atom stereocenters. The molecule has 0 unspecified atom stereocenters. The molecule has 2 aromatic rings. The molecular weight excluding hydrogens is 250 g/mol. The van der Waals surface area contributed by atoms with E-state index in [-0.39, 0.29) is 11.5 Å². The molecule has 6 heteroatoms. The summed E-state index contributed by atoms with van der Waals surface area (Å²) in [7, 11) is 1.69. The van der Waals surface area contributed by atoms with Gasteiger partial charge in [-0.1, -0.05) is 0 Å². The normalized spacial score (nSPS) is 10.9. The van der Waals surface area contributed by atoms with Gasteiger partial charge in [0, 0.05) is 13.6 Å². The van der Waals surface area contributed by atoms with E-state index in [1.807, 2.05) is 6.92 Å². The molecule has 2 heterocycles. The quantitative estimate of drug-likeness (QED) is 0.891. The summed E-state index contributed by atoms with van der Waals surface area (Å²) in [6.07, 6.45) is 0. The molecule has 0 radical (unpaired) electrons. The molecule has 0 spiro atoms. The van der Waals surface area contributed by atoms with Gasteiger partial charge in [0.15, 0.2) is 0 Å². The van der Waals surface area contributed by atoms with Crippen LogP contribution >= 0.6 is 11.3 Å². The van der Waals surface area contributed by atoms with Gasteiger partial charge in [-0.2, -0.15) is 0 Å². The number of amides is 1. The van der Waals surface area contributed by atoms with Crippen molar-refractivity contribution < 1.29 is 4.79 Å². The Labute approximate surface area is 108 Å². The zero-order valence-electron chi connectivity index (χ0n) is 10.8. The predicted octanol–water partition coefficient (Wildman–Crippen LogP) is 1.36. The van der Waals surface area contributed by atoms with E-state index in [9.17, 15) is 9.59 Å². The number of rotatable bonds is 2. The van der Waals surface area contributed by atoms with E-state index in [0.717, 1.165) is 0 Å². The van der Waals surface area contributed by atoms with E-state index < -0.39 is 0 Å². The lowest BCUT2D eigenvalue weighted by Gasteiger charge is -2.02. The third-order valence-electron chi connectivity index (χ3n) is 2.94. The summed E-state index contributed by atoms with van der Waals surface area (Å²) in [6, 6.07) is 0. The Morgan fingerprint density at radius 2 is 2.11 bits per heavy atom. The van der Waals surface area contributed by atoms with Crippen molar-refractivity contribution in [2.75, 3.05) is 6.54 Å². The number of carbonyl (C=O) groups excluding carboxylic acids is 1. The van der Waals surface area contributed by atoms with Gasteiger partial charge in [-0.3, -0.25) is 14.2 Å². The molecule has 1 amide bonds. The lowest BCUT2D eigenvalue weighted by atomic mass is 10.2. The topological polar surface area (TPSA) is 64.0 Å². The summed E-state index contributed by atoms with van der Waals surface area (Å²) in [6.45, 7) is 6.00. The van der Waals surface area contributed by atoms with Gasteiger partial charge in [0.2, 0.25) is 0 Å². The largest absolute Gasteiger partial charge is 0.352 e. The number of nitrogens with one attached hydrogen (secondary N) is 1. The SMILES string of the molecule is CCNC(=O)c1sc2nc(C)n(C)c(=O)c2c1C. The van der Waals surface area contributed by atoms with Crippen LogP contribution in [0.1, 0.15) is 28.0 Å². The lowest BCUT2D eigenvalue weighted by Crippen LogP contribution is -2.23. The Morgan fingerprint density at radius 3 is 2.72 bits per heavy atom. The number of nitrogens with zero attached hydrogens (tertiary/aromatic N) is 2. The zero-order chi connectivity index (χ0) is 13.4. The molecule has 2 rings (SSSR count). The van der Waals surface area contributed by atoms with Crippen molar-refractivity contribution in [2.24, 2.45) is 7.05 Å².